The van der Waals surface area contributed by atoms with E-state index in [4.69, 9.17) is 0 Å². The Labute approximate surface area is 89.9 Å². The van der Waals surface area contributed by atoms with Crippen LogP contribution in [-0.2, 0) is 0 Å². The molecule has 0 rings (SSSR count). The molecule has 6 heteroatoms. The molecule has 0 aromatic heterocycles. The van der Waals surface area contributed by atoms with Gasteiger partial charge in [-0.05, 0) is 26.7 Å². The summed E-state index contributed by atoms with van der Waals surface area (Å²) < 4.78 is 39.0. The zero-order chi connectivity index (χ0) is 12.5. The molecule has 0 spiro atoms. The number of halogens is 4. The van der Waals surface area contributed by atoms with Crippen LogP contribution in [0.3, 0.4) is 0 Å². The van der Waals surface area contributed by atoms with Gasteiger partial charge in [0.2, 0.25) is 0 Å². The molecule has 0 radical (unpaired) electrons. The minimum absolute atomic E-state index is 0.805. The van der Waals surface area contributed by atoms with E-state index in [2.05, 4.69) is 27.7 Å². The molecule has 15 heavy (non-hydrogen) atoms. The molecule has 0 unspecified atom stereocenters. The van der Waals surface area contributed by atoms with Gasteiger partial charge in [-0.25, -0.2) is 0 Å². The highest BCUT2D eigenvalue weighted by Crippen LogP contribution is 2.06. The quantitative estimate of drug-likeness (QED) is 0.547. The summed E-state index contributed by atoms with van der Waals surface area (Å²) in [6.07, 6.45) is 2.63. The standard InChI is InChI=1S/C9H21N.BF4/c1-5-7-10(8-6-2)9(3)4;2-1(3,4)5/h9H,5-8H2,1-4H3;/q;-1/p+1. The maximum absolute atomic E-state index is 9.75. The summed E-state index contributed by atoms with van der Waals surface area (Å²) >= 11 is 0. The molecule has 1 nitrogen and oxygen atoms in total. The predicted octanol–water partition coefficient (Wildman–Crippen LogP) is 2.40. The molecule has 0 aliphatic heterocycles. The van der Waals surface area contributed by atoms with Gasteiger partial charge in [0.1, 0.15) is 0 Å². The normalized spacial score (nSPS) is 11.6. The topological polar surface area (TPSA) is 4.44 Å². The van der Waals surface area contributed by atoms with Gasteiger partial charge >= 0.3 is 7.25 Å². The van der Waals surface area contributed by atoms with E-state index in [-0.39, 0.29) is 0 Å². The highest BCUT2D eigenvalue weighted by Gasteiger charge is 2.20. The van der Waals surface area contributed by atoms with E-state index in [1.54, 1.807) is 4.90 Å². The van der Waals surface area contributed by atoms with Gasteiger partial charge in [0.25, 0.3) is 0 Å². The first-order valence-electron chi connectivity index (χ1n) is 5.44. The first-order valence-corrected chi connectivity index (χ1v) is 5.44. The number of hydrogen-bond acceptors (Lipinski definition) is 0. The summed E-state index contributed by atoms with van der Waals surface area (Å²) in [6.45, 7) is 11.8. The van der Waals surface area contributed by atoms with Gasteiger partial charge < -0.3 is 22.2 Å². The third-order valence-corrected chi connectivity index (χ3v) is 1.96. The average molecular weight is 231 g/mol. The van der Waals surface area contributed by atoms with Crippen LogP contribution < -0.4 is 4.90 Å². The number of nitrogens with one attached hydrogen (secondary N) is 1. The minimum Gasteiger partial charge on any atom is -0.418 e. The number of quaternary nitrogens is 1. The van der Waals surface area contributed by atoms with Crippen LogP contribution in [0.4, 0.5) is 17.3 Å². The lowest BCUT2D eigenvalue weighted by atomic mass is 10.3. The molecule has 1 N–H and O–H groups in total. The van der Waals surface area contributed by atoms with Crippen molar-refractivity contribution in [3.63, 3.8) is 0 Å². The van der Waals surface area contributed by atoms with Gasteiger partial charge in [0, 0.05) is 0 Å². The van der Waals surface area contributed by atoms with E-state index in [9.17, 15) is 17.3 Å². The molecule has 0 aromatic rings. The second kappa shape index (κ2) is 9.01. The fraction of sp³-hybridized carbons (Fsp3) is 1.00. The second-order valence-electron chi connectivity index (χ2n) is 3.81. The largest absolute Gasteiger partial charge is 0.673 e. The SMILES string of the molecule is CCC[NH+](CCC)C(C)C.F[B-](F)(F)F. The van der Waals surface area contributed by atoms with Crippen LogP contribution in [0.2, 0.25) is 0 Å². The average Bonchev–Trinajstić information content (AvgIpc) is 2.00. The van der Waals surface area contributed by atoms with Crippen LogP contribution in [0.25, 0.3) is 0 Å². The van der Waals surface area contributed by atoms with E-state index in [0.717, 1.165) is 6.04 Å². The van der Waals surface area contributed by atoms with Gasteiger partial charge in [0.05, 0.1) is 19.1 Å². The molecule has 0 heterocycles. The molecule has 0 fully saturated rings. The zero-order valence-corrected chi connectivity index (χ0v) is 9.99. The minimum atomic E-state index is -6.00. The van der Waals surface area contributed by atoms with E-state index >= 15 is 0 Å². The Morgan fingerprint density at radius 3 is 1.33 bits per heavy atom. The summed E-state index contributed by atoms with van der Waals surface area (Å²) in [5, 5.41) is 0. The fourth-order valence-corrected chi connectivity index (χ4v) is 1.34. The van der Waals surface area contributed by atoms with Crippen LogP contribution >= 0.6 is 0 Å². The highest BCUT2D eigenvalue weighted by atomic mass is 19.5. The van der Waals surface area contributed by atoms with Crippen molar-refractivity contribution < 1.29 is 22.2 Å². The Bertz CT molecular complexity index is 127. The van der Waals surface area contributed by atoms with Gasteiger partial charge in [-0.3, -0.25) is 0 Å². The molecule has 0 bridgehead atoms. The van der Waals surface area contributed by atoms with Crippen LogP contribution in [0.1, 0.15) is 40.5 Å². The van der Waals surface area contributed by atoms with Crippen molar-refractivity contribution in [1.82, 2.24) is 0 Å². The molecule has 0 atom stereocenters. The summed E-state index contributed by atoms with van der Waals surface area (Å²) in [7, 11) is -6.00. The second-order valence-corrected chi connectivity index (χ2v) is 3.81. The summed E-state index contributed by atoms with van der Waals surface area (Å²) in [6, 6.07) is 0.805. The van der Waals surface area contributed by atoms with E-state index in [1.165, 1.54) is 25.9 Å². The van der Waals surface area contributed by atoms with Crippen molar-refractivity contribution in [1.29, 1.82) is 0 Å². The first kappa shape index (κ1) is 17.1. The Balaban J connectivity index is 0. The molecule has 0 aliphatic rings. The van der Waals surface area contributed by atoms with Crippen molar-refractivity contribution in [3.05, 3.63) is 0 Å². The molecule has 0 aliphatic carbocycles. The van der Waals surface area contributed by atoms with Crippen molar-refractivity contribution in [3.8, 4) is 0 Å². The molecule has 0 amide bonds. The van der Waals surface area contributed by atoms with Crippen molar-refractivity contribution in [2.24, 2.45) is 0 Å². The van der Waals surface area contributed by atoms with Gasteiger partial charge in [-0.1, -0.05) is 13.8 Å². The number of hydrogen-bond donors (Lipinski definition) is 1. The lowest BCUT2D eigenvalue weighted by Crippen LogP contribution is -3.14. The fourth-order valence-electron chi connectivity index (χ4n) is 1.34. The molecule has 0 saturated heterocycles. The molecular weight excluding hydrogens is 209 g/mol. The van der Waals surface area contributed by atoms with Crippen molar-refractivity contribution >= 4 is 7.25 Å². The van der Waals surface area contributed by atoms with Crippen LogP contribution in [0, 0.1) is 0 Å². The van der Waals surface area contributed by atoms with E-state index < -0.39 is 7.25 Å². The van der Waals surface area contributed by atoms with Crippen molar-refractivity contribution in [2.45, 2.75) is 46.6 Å². The van der Waals surface area contributed by atoms with E-state index in [1.807, 2.05) is 0 Å². The van der Waals surface area contributed by atoms with Gasteiger partial charge in [-0.15, -0.1) is 0 Å². The van der Waals surface area contributed by atoms with Crippen LogP contribution in [0.15, 0.2) is 0 Å². The Hall–Kier alpha value is -0.255. The third-order valence-electron chi connectivity index (χ3n) is 1.96. The lowest BCUT2D eigenvalue weighted by Gasteiger charge is -2.21. The summed E-state index contributed by atoms with van der Waals surface area (Å²) in [4.78, 5) is 1.75. The molecule has 0 aromatic carbocycles. The van der Waals surface area contributed by atoms with Crippen LogP contribution in [0.5, 0.6) is 0 Å². The lowest BCUT2D eigenvalue weighted by molar-refractivity contribution is -0.921. The molecule has 0 saturated carbocycles. The third kappa shape index (κ3) is 20.0. The maximum Gasteiger partial charge on any atom is 0.673 e. The monoisotopic (exact) mass is 231 g/mol. The smallest absolute Gasteiger partial charge is 0.418 e. The molecule has 94 valence electrons. The van der Waals surface area contributed by atoms with Gasteiger partial charge in [0.15, 0.2) is 0 Å². The predicted molar refractivity (Wildman–Crippen MR) is 56.6 cm³/mol. The summed E-state index contributed by atoms with van der Waals surface area (Å²) in [5.41, 5.74) is 0. The van der Waals surface area contributed by atoms with E-state index in [0.29, 0.717) is 0 Å². The Morgan fingerprint density at radius 1 is 0.933 bits per heavy atom. The van der Waals surface area contributed by atoms with Crippen LogP contribution in [-0.4, -0.2) is 26.4 Å². The number of rotatable bonds is 5. The van der Waals surface area contributed by atoms with Crippen molar-refractivity contribution in [2.75, 3.05) is 13.1 Å². The Morgan fingerprint density at radius 2 is 1.20 bits per heavy atom. The highest BCUT2D eigenvalue weighted by molar-refractivity contribution is 6.50. The van der Waals surface area contributed by atoms with Gasteiger partial charge in [-0.2, -0.15) is 0 Å². The summed E-state index contributed by atoms with van der Waals surface area (Å²) in [5.74, 6) is 0. The first-order chi connectivity index (χ1) is 6.72. The zero-order valence-electron chi connectivity index (χ0n) is 9.99. The molecular formula is C9H22BF4N. The Kier molecular flexibility index (Phi) is 10.3. The maximum atomic E-state index is 9.75.